The Morgan fingerprint density at radius 2 is 2.03 bits per heavy atom. The summed E-state index contributed by atoms with van der Waals surface area (Å²) in [6.45, 7) is 1.83. The summed E-state index contributed by atoms with van der Waals surface area (Å²) in [5.74, 6) is -1.01. The van der Waals surface area contributed by atoms with Crippen LogP contribution in [0, 0.1) is 12.7 Å². The van der Waals surface area contributed by atoms with Crippen molar-refractivity contribution in [3.05, 3.63) is 76.2 Å². The largest absolute Gasteiger partial charge is 0.319 e. The second-order valence-corrected chi connectivity index (χ2v) is 6.94. The Kier molecular flexibility index (Phi) is 5.17. The third-order valence-corrected chi connectivity index (χ3v) is 4.69. The van der Waals surface area contributed by atoms with Crippen molar-refractivity contribution in [2.75, 3.05) is 5.32 Å². The normalized spacial score (nSPS) is 11.4. The maximum Gasteiger partial charge on any atom is 0.280 e. The zero-order chi connectivity index (χ0) is 21.4. The van der Waals surface area contributed by atoms with Crippen LogP contribution in [0.2, 0.25) is 5.02 Å². The Morgan fingerprint density at radius 3 is 2.77 bits per heavy atom. The maximum atomic E-state index is 13.2. The van der Waals surface area contributed by atoms with Gasteiger partial charge in [-0.15, -0.1) is 0 Å². The van der Waals surface area contributed by atoms with Crippen LogP contribution in [0.4, 0.5) is 18.9 Å². The van der Waals surface area contributed by atoms with Gasteiger partial charge in [0.2, 0.25) is 0 Å². The highest BCUT2D eigenvalue weighted by Gasteiger charge is 2.20. The third kappa shape index (κ3) is 3.86. The number of hydrogen-bond donors (Lipinski definition) is 1. The van der Waals surface area contributed by atoms with Gasteiger partial charge in [0.15, 0.2) is 5.65 Å². The molecular formula is C19H14ClF3N6O. The van der Waals surface area contributed by atoms with E-state index in [4.69, 9.17) is 11.6 Å². The van der Waals surface area contributed by atoms with Gasteiger partial charge in [0, 0.05) is 16.9 Å². The van der Waals surface area contributed by atoms with Crippen LogP contribution in [0.1, 0.15) is 33.7 Å². The van der Waals surface area contributed by atoms with E-state index in [-0.39, 0.29) is 28.5 Å². The molecule has 0 radical (unpaired) electrons. The Bertz CT molecular complexity index is 1250. The Labute approximate surface area is 173 Å². The zero-order valence-corrected chi connectivity index (χ0v) is 16.2. The van der Waals surface area contributed by atoms with E-state index in [2.05, 4.69) is 20.5 Å². The molecule has 154 valence electrons. The van der Waals surface area contributed by atoms with E-state index < -0.39 is 18.1 Å². The van der Waals surface area contributed by atoms with Crippen molar-refractivity contribution in [3.63, 3.8) is 0 Å². The average molecular weight is 435 g/mol. The number of rotatable bonds is 5. The summed E-state index contributed by atoms with van der Waals surface area (Å²) in [6.07, 6.45) is 1.41. The first-order valence-electron chi connectivity index (χ1n) is 8.73. The van der Waals surface area contributed by atoms with E-state index in [1.807, 2.05) is 0 Å². The fourth-order valence-electron chi connectivity index (χ4n) is 2.97. The van der Waals surface area contributed by atoms with Gasteiger partial charge >= 0.3 is 0 Å². The highest BCUT2D eigenvalue weighted by atomic mass is 35.5. The second kappa shape index (κ2) is 7.79. The van der Waals surface area contributed by atoms with E-state index >= 15 is 0 Å². The van der Waals surface area contributed by atoms with Crippen molar-refractivity contribution in [1.82, 2.24) is 24.4 Å². The summed E-state index contributed by atoms with van der Waals surface area (Å²) < 4.78 is 42.1. The van der Waals surface area contributed by atoms with Crippen molar-refractivity contribution in [2.45, 2.75) is 19.9 Å². The number of anilines is 1. The molecule has 11 heteroatoms. The van der Waals surface area contributed by atoms with Crippen LogP contribution in [-0.2, 0) is 6.54 Å². The molecule has 4 aromatic rings. The molecule has 0 saturated carbocycles. The van der Waals surface area contributed by atoms with Crippen LogP contribution in [0.15, 0.2) is 42.9 Å². The van der Waals surface area contributed by atoms with Crippen LogP contribution in [0.3, 0.4) is 0 Å². The molecule has 0 unspecified atom stereocenters. The van der Waals surface area contributed by atoms with Gasteiger partial charge < -0.3 is 5.32 Å². The second-order valence-electron chi connectivity index (χ2n) is 6.53. The van der Waals surface area contributed by atoms with Crippen LogP contribution in [0.5, 0.6) is 0 Å². The number of nitrogens with zero attached hydrogens (tertiary/aromatic N) is 5. The van der Waals surface area contributed by atoms with Crippen molar-refractivity contribution >= 4 is 28.8 Å². The summed E-state index contributed by atoms with van der Waals surface area (Å²) in [4.78, 5) is 16.8. The minimum absolute atomic E-state index is 0.0354. The van der Waals surface area contributed by atoms with Crippen molar-refractivity contribution < 1.29 is 18.0 Å². The fourth-order valence-corrected chi connectivity index (χ4v) is 3.19. The molecule has 0 aliphatic carbocycles. The number of hydrogen-bond acceptors (Lipinski definition) is 4. The Balaban J connectivity index is 1.55. The van der Waals surface area contributed by atoms with Gasteiger partial charge in [-0.05, 0) is 30.7 Å². The van der Waals surface area contributed by atoms with E-state index in [1.165, 1.54) is 35.3 Å². The molecule has 1 aromatic carbocycles. The third-order valence-electron chi connectivity index (χ3n) is 4.33. The number of aromatic nitrogens is 5. The smallest absolute Gasteiger partial charge is 0.280 e. The number of alkyl halides is 2. The molecule has 30 heavy (non-hydrogen) atoms. The fraction of sp³-hybridized carbons (Fsp3) is 0.158. The maximum absolute atomic E-state index is 13.2. The number of halogens is 4. The van der Waals surface area contributed by atoms with E-state index in [0.29, 0.717) is 16.9 Å². The molecule has 0 atom stereocenters. The molecule has 3 aromatic heterocycles. The molecular weight excluding hydrogens is 421 g/mol. The molecule has 3 heterocycles. The van der Waals surface area contributed by atoms with Gasteiger partial charge in [-0.1, -0.05) is 17.7 Å². The number of amides is 1. The van der Waals surface area contributed by atoms with Gasteiger partial charge in [-0.2, -0.15) is 10.2 Å². The monoisotopic (exact) mass is 434 g/mol. The average Bonchev–Trinajstić information content (AvgIpc) is 3.30. The van der Waals surface area contributed by atoms with E-state index in [9.17, 15) is 18.0 Å². The van der Waals surface area contributed by atoms with Gasteiger partial charge in [-0.25, -0.2) is 22.7 Å². The van der Waals surface area contributed by atoms with Crippen LogP contribution >= 0.6 is 11.6 Å². The van der Waals surface area contributed by atoms with E-state index in [0.717, 1.165) is 4.52 Å². The lowest BCUT2D eigenvalue weighted by atomic mass is 10.2. The highest BCUT2D eigenvalue weighted by molar-refractivity contribution is 6.31. The molecule has 1 N–H and O–H groups in total. The Hall–Kier alpha value is -3.40. The van der Waals surface area contributed by atoms with Crippen molar-refractivity contribution in [3.8, 4) is 0 Å². The number of carbonyl (C=O) groups excluding carboxylic acids is 1. The zero-order valence-electron chi connectivity index (χ0n) is 15.5. The first-order valence-corrected chi connectivity index (χ1v) is 9.11. The van der Waals surface area contributed by atoms with Gasteiger partial charge in [0.05, 0.1) is 24.6 Å². The number of fused-ring (bicyclic) bond motifs is 1. The summed E-state index contributed by atoms with van der Waals surface area (Å²) in [5, 5.41) is 10.9. The number of nitrogens with one attached hydrogen (secondary N) is 1. The number of aryl methyl sites for hydroxylation is 1. The molecule has 1 amide bonds. The summed E-state index contributed by atoms with van der Waals surface area (Å²) in [7, 11) is 0. The SMILES string of the molecule is Cc1cc(C(F)F)n2ncc(C(=O)Nc3cnn(Cc4ccc(F)cc4Cl)c3)c2n1. The predicted octanol–water partition coefficient (Wildman–Crippen LogP) is 4.26. The van der Waals surface area contributed by atoms with Gasteiger partial charge in [0.1, 0.15) is 17.1 Å². The molecule has 0 bridgehead atoms. The van der Waals surface area contributed by atoms with Gasteiger partial charge in [-0.3, -0.25) is 9.48 Å². The Morgan fingerprint density at radius 1 is 1.23 bits per heavy atom. The number of benzene rings is 1. The van der Waals surface area contributed by atoms with Crippen molar-refractivity contribution in [1.29, 1.82) is 0 Å². The van der Waals surface area contributed by atoms with Crippen LogP contribution < -0.4 is 5.32 Å². The quantitative estimate of drug-likeness (QED) is 0.509. The predicted molar refractivity (Wildman–Crippen MR) is 103 cm³/mol. The lowest BCUT2D eigenvalue weighted by Crippen LogP contribution is -2.12. The molecule has 0 saturated heterocycles. The first-order chi connectivity index (χ1) is 14.3. The molecule has 0 fully saturated rings. The van der Waals surface area contributed by atoms with Crippen LogP contribution in [0.25, 0.3) is 5.65 Å². The molecule has 0 aliphatic rings. The number of carbonyl (C=O) groups is 1. The molecule has 0 aliphatic heterocycles. The van der Waals surface area contributed by atoms with Gasteiger partial charge in [0.25, 0.3) is 12.3 Å². The summed E-state index contributed by atoms with van der Waals surface area (Å²) >= 11 is 6.02. The van der Waals surface area contributed by atoms with E-state index in [1.54, 1.807) is 19.2 Å². The standard InChI is InChI=1S/C19H14ClF3N6O/c1-10-4-16(17(22)23)29-18(26-10)14(7-25-29)19(30)27-13-6-24-28(9-13)8-11-2-3-12(21)5-15(11)20/h2-7,9,17H,8H2,1H3,(H,27,30). The minimum Gasteiger partial charge on any atom is -0.319 e. The van der Waals surface area contributed by atoms with Crippen LogP contribution in [-0.4, -0.2) is 30.3 Å². The summed E-state index contributed by atoms with van der Waals surface area (Å²) in [6, 6.07) is 5.26. The molecule has 0 spiro atoms. The first kappa shape index (κ1) is 19.9. The lowest BCUT2D eigenvalue weighted by molar-refractivity contribution is 0.102. The minimum atomic E-state index is -2.76. The summed E-state index contributed by atoms with van der Waals surface area (Å²) in [5.41, 5.74) is 1.11. The highest BCUT2D eigenvalue weighted by Crippen LogP contribution is 2.23. The topological polar surface area (TPSA) is 77.1 Å². The lowest BCUT2D eigenvalue weighted by Gasteiger charge is -2.06. The molecule has 7 nitrogen and oxygen atoms in total. The molecule has 4 rings (SSSR count). The van der Waals surface area contributed by atoms with Crippen molar-refractivity contribution in [2.24, 2.45) is 0 Å².